The molecular weight excluding hydrogens is 352 g/mol. The van der Waals surface area contributed by atoms with Crippen LogP contribution in [0.4, 0.5) is 0 Å². The fourth-order valence-corrected chi connectivity index (χ4v) is 3.43. The summed E-state index contributed by atoms with van der Waals surface area (Å²) in [6.07, 6.45) is 3.40. The molecule has 0 saturated carbocycles. The van der Waals surface area contributed by atoms with Gasteiger partial charge in [-0.05, 0) is 36.8 Å². The van der Waals surface area contributed by atoms with Crippen molar-refractivity contribution in [2.24, 2.45) is 0 Å². The van der Waals surface area contributed by atoms with E-state index in [2.05, 4.69) is 4.98 Å². The van der Waals surface area contributed by atoms with E-state index in [9.17, 15) is 9.59 Å². The van der Waals surface area contributed by atoms with Crippen LogP contribution in [0.2, 0.25) is 5.02 Å². The van der Waals surface area contributed by atoms with Gasteiger partial charge in [0.25, 0.3) is 11.5 Å². The monoisotopic (exact) mass is 368 g/mol. The average Bonchev–Trinajstić information content (AvgIpc) is 3.04. The number of aromatic nitrogens is 3. The number of hydrogen-bond donors (Lipinski definition) is 0. The number of imidazole rings is 1. The van der Waals surface area contributed by atoms with E-state index in [-0.39, 0.29) is 11.5 Å². The first-order valence-electron chi connectivity index (χ1n) is 8.31. The highest BCUT2D eigenvalue weighted by Gasteiger charge is 2.26. The molecule has 3 aromatic rings. The molecule has 0 bridgehead atoms. The maximum absolute atomic E-state index is 12.8. The normalized spacial score (nSPS) is 13.8. The van der Waals surface area contributed by atoms with Crippen molar-refractivity contribution < 1.29 is 4.79 Å². The van der Waals surface area contributed by atoms with E-state index < -0.39 is 0 Å². The standard InChI is InChI=1S/C19H17ClN4O2/c1-13-10-23(12-21-13)16-5-6-17-18(25)22(7-8-24(17)19(16)26)11-14-3-2-4-15(20)9-14/h2-6,9-10,12H,7-8,11H2,1H3. The van der Waals surface area contributed by atoms with Crippen molar-refractivity contribution in [1.82, 2.24) is 19.0 Å². The number of fused-ring (bicyclic) bond motifs is 1. The van der Waals surface area contributed by atoms with Crippen LogP contribution >= 0.6 is 11.6 Å². The Morgan fingerprint density at radius 1 is 1.15 bits per heavy atom. The molecule has 0 N–H and O–H groups in total. The Hall–Kier alpha value is -2.86. The lowest BCUT2D eigenvalue weighted by Gasteiger charge is -2.30. The molecule has 0 radical (unpaired) electrons. The minimum absolute atomic E-state index is 0.151. The van der Waals surface area contributed by atoms with Crippen LogP contribution in [-0.4, -0.2) is 31.5 Å². The van der Waals surface area contributed by atoms with Crippen molar-refractivity contribution in [1.29, 1.82) is 0 Å². The second kappa shape index (κ2) is 6.46. The number of amides is 1. The molecule has 0 spiro atoms. The van der Waals surface area contributed by atoms with Gasteiger partial charge in [0, 0.05) is 30.9 Å². The van der Waals surface area contributed by atoms with Crippen molar-refractivity contribution in [2.45, 2.75) is 20.0 Å². The first-order chi connectivity index (χ1) is 12.5. The van der Waals surface area contributed by atoms with Gasteiger partial charge >= 0.3 is 0 Å². The van der Waals surface area contributed by atoms with Gasteiger partial charge in [0.1, 0.15) is 11.4 Å². The largest absolute Gasteiger partial charge is 0.331 e. The fraction of sp³-hybridized carbons (Fsp3) is 0.211. The SMILES string of the molecule is Cc1cn(-c2ccc3n(c2=O)CCN(Cc2cccc(Cl)c2)C3=O)cn1. The molecule has 0 unspecified atom stereocenters. The lowest BCUT2D eigenvalue weighted by atomic mass is 10.1. The van der Waals surface area contributed by atoms with E-state index in [1.54, 1.807) is 44.8 Å². The molecule has 7 heteroatoms. The summed E-state index contributed by atoms with van der Waals surface area (Å²) in [4.78, 5) is 31.5. The first kappa shape index (κ1) is 16.6. The number of pyridine rings is 1. The van der Waals surface area contributed by atoms with Gasteiger partial charge in [0.05, 0.1) is 12.0 Å². The minimum atomic E-state index is -0.185. The Bertz CT molecular complexity index is 1050. The highest BCUT2D eigenvalue weighted by Crippen LogP contribution is 2.17. The van der Waals surface area contributed by atoms with E-state index in [1.165, 1.54) is 0 Å². The van der Waals surface area contributed by atoms with Crippen molar-refractivity contribution >= 4 is 17.5 Å². The van der Waals surface area contributed by atoms with Gasteiger partial charge in [-0.15, -0.1) is 0 Å². The summed E-state index contributed by atoms with van der Waals surface area (Å²) >= 11 is 6.02. The van der Waals surface area contributed by atoms with Crippen LogP contribution in [0, 0.1) is 6.92 Å². The number of halogens is 1. The number of rotatable bonds is 3. The van der Waals surface area contributed by atoms with Crippen molar-refractivity contribution in [3.63, 3.8) is 0 Å². The molecule has 132 valence electrons. The van der Waals surface area contributed by atoms with Gasteiger partial charge in [0.2, 0.25) is 0 Å². The van der Waals surface area contributed by atoms with E-state index in [1.807, 2.05) is 25.1 Å². The van der Waals surface area contributed by atoms with E-state index >= 15 is 0 Å². The molecule has 1 aliphatic rings. The van der Waals surface area contributed by atoms with Crippen LogP contribution in [0.3, 0.4) is 0 Å². The highest BCUT2D eigenvalue weighted by atomic mass is 35.5. The highest BCUT2D eigenvalue weighted by molar-refractivity contribution is 6.30. The molecule has 1 amide bonds. The Kier molecular flexibility index (Phi) is 4.12. The lowest BCUT2D eigenvalue weighted by Crippen LogP contribution is -2.44. The van der Waals surface area contributed by atoms with Gasteiger partial charge in [0.15, 0.2) is 0 Å². The Labute approximate surface area is 155 Å². The molecule has 26 heavy (non-hydrogen) atoms. The predicted octanol–water partition coefficient (Wildman–Crippen LogP) is 2.65. The topological polar surface area (TPSA) is 60.1 Å². The summed E-state index contributed by atoms with van der Waals surface area (Å²) in [5.74, 6) is -0.151. The summed E-state index contributed by atoms with van der Waals surface area (Å²) in [7, 11) is 0. The van der Waals surface area contributed by atoms with Crippen LogP contribution in [0.25, 0.3) is 5.69 Å². The number of aryl methyl sites for hydroxylation is 1. The summed E-state index contributed by atoms with van der Waals surface area (Å²) in [5, 5.41) is 0.642. The zero-order chi connectivity index (χ0) is 18.3. The molecule has 1 aromatic carbocycles. The molecule has 2 aromatic heterocycles. The molecule has 3 heterocycles. The molecule has 0 fully saturated rings. The Balaban J connectivity index is 1.65. The minimum Gasteiger partial charge on any atom is -0.331 e. The number of hydrogen-bond acceptors (Lipinski definition) is 3. The molecule has 0 aliphatic carbocycles. The van der Waals surface area contributed by atoms with Crippen molar-refractivity contribution in [3.8, 4) is 5.69 Å². The molecular formula is C19H17ClN4O2. The lowest BCUT2D eigenvalue weighted by molar-refractivity contribution is 0.0686. The Morgan fingerprint density at radius 2 is 2.00 bits per heavy atom. The maximum atomic E-state index is 12.8. The first-order valence-corrected chi connectivity index (χ1v) is 8.69. The van der Waals surface area contributed by atoms with E-state index in [4.69, 9.17) is 11.6 Å². The molecule has 4 rings (SSSR count). The van der Waals surface area contributed by atoms with Gasteiger partial charge in [-0.3, -0.25) is 9.59 Å². The van der Waals surface area contributed by atoms with Crippen LogP contribution in [0.15, 0.2) is 53.7 Å². The van der Waals surface area contributed by atoms with Crippen LogP contribution in [-0.2, 0) is 13.1 Å². The van der Waals surface area contributed by atoms with Crippen LogP contribution in [0.1, 0.15) is 21.7 Å². The molecule has 0 saturated heterocycles. The zero-order valence-corrected chi connectivity index (χ0v) is 15.0. The van der Waals surface area contributed by atoms with Gasteiger partial charge in [-0.25, -0.2) is 4.98 Å². The second-order valence-corrected chi connectivity index (χ2v) is 6.78. The second-order valence-electron chi connectivity index (χ2n) is 6.34. The van der Waals surface area contributed by atoms with Crippen LogP contribution < -0.4 is 5.56 Å². The van der Waals surface area contributed by atoms with Gasteiger partial charge in [-0.2, -0.15) is 0 Å². The van der Waals surface area contributed by atoms with Gasteiger partial charge in [-0.1, -0.05) is 23.7 Å². The number of carbonyl (C=O) groups is 1. The quantitative estimate of drug-likeness (QED) is 0.714. The third-order valence-electron chi connectivity index (χ3n) is 4.51. The van der Waals surface area contributed by atoms with Crippen molar-refractivity contribution in [3.05, 3.63) is 81.3 Å². The fourth-order valence-electron chi connectivity index (χ4n) is 3.22. The molecule has 6 nitrogen and oxygen atoms in total. The smallest absolute Gasteiger partial charge is 0.275 e. The average molecular weight is 369 g/mol. The summed E-state index contributed by atoms with van der Waals surface area (Å²) in [5.41, 5.74) is 2.51. The number of carbonyl (C=O) groups excluding carboxylic acids is 1. The van der Waals surface area contributed by atoms with E-state index in [0.717, 1.165) is 11.3 Å². The summed E-state index contributed by atoms with van der Waals surface area (Å²) in [6.45, 7) is 3.27. The summed E-state index contributed by atoms with van der Waals surface area (Å²) < 4.78 is 3.23. The van der Waals surface area contributed by atoms with Crippen LogP contribution in [0.5, 0.6) is 0 Å². The third-order valence-corrected chi connectivity index (χ3v) is 4.74. The zero-order valence-electron chi connectivity index (χ0n) is 14.2. The number of nitrogens with zero attached hydrogens (tertiary/aromatic N) is 4. The van der Waals surface area contributed by atoms with Gasteiger partial charge < -0.3 is 14.0 Å². The van der Waals surface area contributed by atoms with Crippen molar-refractivity contribution in [2.75, 3.05) is 6.54 Å². The van der Waals surface area contributed by atoms with E-state index in [0.29, 0.717) is 36.0 Å². The predicted molar refractivity (Wildman–Crippen MR) is 98.8 cm³/mol. The molecule has 1 aliphatic heterocycles. The Morgan fingerprint density at radius 3 is 2.73 bits per heavy atom. The third kappa shape index (κ3) is 2.93. The maximum Gasteiger partial charge on any atom is 0.275 e. The number of benzene rings is 1. The summed E-state index contributed by atoms with van der Waals surface area (Å²) in [6, 6.07) is 10.8. The molecule has 0 atom stereocenters.